The first-order chi connectivity index (χ1) is 10.00. The molecular formula is C18H30N2O. The van der Waals surface area contributed by atoms with E-state index >= 15 is 0 Å². The highest BCUT2D eigenvalue weighted by Gasteiger charge is 2.33. The first-order valence-electron chi connectivity index (χ1n) is 8.30. The van der Waals surface area contributed by atoms with Gasteiger partial charge in [0.25, 0.3) is 0 Å². The minimum Gasteiger partial charge on any atom is -0.490 e. The summed E-state index contributed by atoms with van der Waals surface area (Å²) in [7, 11) is 0. The van der Waals surface area contributed by atoms with Gasteiger partial charge in [-0.1, -0.05) is 27.7 Å². The highest BCUT2D eigenvalue weighted by atomic mass is 16.5. The van der Waals surface area contributed by atoms with Gasteiger partial charge in [0.1, 0.15) is 5.75 Å². The van der Waals surface area contributed by atoms with Gasteiger partial charge in [0, 0.05) is 24.5 Å². The Morgan fingerprint density at radius 1 is 1.38 bits per heavy atom. The Morgan fingerprint density at radius 3 is 2.90 bits per heavy atom. The Bertz CT molecular complexity index is 445. The third-order valence-corrected chi connectivity index (χ3v) is 4.24. The summed E-state index contributed by atoms with van der Waals surface area (Å²) < 4.78 is 6.34. The summed E-state index contributed by atoms with van der Waals surface area (Å²) in [5, 5.41) is 3.43. The topological polar surface area (TPSA) is 34.2 Å². The minimum atomic E-state index is 0.330. The van der Waals surface area contributed by atoms with Crippen LogP contribution in [0, 0.1) is 11.3 Å². The standard InChI is InChI=1S/C18H30N2O/c1-5-7-19-12-15-13-20-8-6-17(15)21-16-9-14(2)10-18(3,4)11-16/h6,8,13-14,16,19H,5,7,9-12H2,1-4H3. The Hall–Kier alpha value is -1.09. The molecule has 1 aliphatic carbocycles. The Labute approximate surface area is 129 Å². The van der Waals surface area contributed by atoms with E-state index in [0.29, 0.717) is 11.5 Å². The molecule has 1 fully saturated rings. The summed E-state index contributed by atoms with van der Waals surface area (Å²) in [5.74, 6) is 1.74. The molecule has 0 bridgehead atoms. The third kappa shape index (κ3) is 4.99. The van der Waals surface area contributed by atoms with Gasteiger partial charge in [-0.2, -0.15) is 0 Å². The molecule has 2 unspecified atom stereocenters. The van der Waals surface area contributed by atoms with Crippen LogP contribution in [0.3, 0.4) is 0 Å². The lowest BCUT2D eigenvalue weighted by molar-refractivity contribution is 0.0555. The Kier molecular flexibility index (Phi) is 5.63. The molecule has 1 aromatic rings. The van der Waals surface area contributed by atoms with E-state index in [1.54, 1.807) is 0 Å². The normalized spacial score (nSPS) is 24.8. The van der Waals surface area contributed by atoms with E-state index in [1.165, 1.54) is 12.0 Å². The first kappa shape index (κ1) is 16.3. The van der Waals surface area contributed by atoms with Crippen molar-refractivity contribution in [3.8, 4) is 5.75 Å². The number of hydrogen-bond acceptors (Lipinski definition) is 3. The second-order valence-electron chi connectivity index (χ2n) is 7.31. The van der Waals surface area contributed by atoms with Gasteiger partial charge in [-0.25, -0.2) is 0 Å². The van der Waals surface area contributed by atoms with Gasteiger partial charge in [-0.15, -0.1) is 0 Å². The number of rotatable bonds is 6. The summed E-state index contributed by atoms with van der Waals surface area (Å²) >= 11 is 0. The zero-order chi connectivity index (χ0) is 15.3. The van der Waals surface area contributed by atoms with Crippen LogP contribution in [0.1, 0.15) is 58.9 Å². The van der Waals surface area contributed by atoms with Gasteiger partial charge in [-0.3, -0.25) is 4.98 Å². The van der Waals surface area contributed by atoms with Crippen LogP contribution in [0.5, 0.6) is 5.75 Å². The highest BCUT2D eigenvalue weighted by Crippen LogP contribution is 2.40. The molecule has 3 heteroatoms. The molecule has 0 amide bonds. The van der Waals surface area contributed by atoms with Gasteiger partial charge in [0.05, 0.1) is 6.10 Å². The van der Waals surface area contributed by atoms with Crippen LogP contribution in [-0.4, -0.2) is 17.6 Å². The molecule has 0 spiro atoms. The fourth-order valence-electron chi connectivity index (χ4n) is 3.59. The van der Waals surface area contributed by atoms with E-state index in [9.17, 15) is 0 Å². The molecular weight excluding hydrogens is 260 g/mol. The third-order valence-electron chi connectivity index (χ3n) is 4.24. The molecule has 1 N–H and O–H groups in total. The van der Waals surface area contributed by atoms with E-state index in [-0.39, 0.29) is 0 Å². The van der Waals surface area contributed by atoms with E-state index in [2.05, 4.69) is 38.0 Å². The molecule has 0 aliphatic heterocycles. The van der Waals surface area contributed by atoms with Crippen LogP contribution in [0.2, 0.25) is 0 Å². The zero-order valence-electron chi connectivity index (χ0n) is 14.0. The summed E-state index contributed by atoms with van der Waals surface area (Å²) in [6.07, 6.45) is 8.83. The lowest BCUT2D eigenvalue weighted by Gasteiger charge is -2.39. The van der Waals surface area contributed by atoms with Crippen molar-refractivity contribution in [2.45, 2.75) is 66.0 Å². The van der Waals surface area contributed by atoms with Crippen molar-refractivity contribution in [3.05, 3.63) is 24.0 Å². The predicted molar refractivity (Wildman–Crippen MR) is 87.4 cm³/mol. The first-order valence-corrected chi connectivity index (χ1v) is 8.30. The summed E-state index contributed by atoms with van der Waals surface area (Å²) in [4.78, 5) is 4.24. The van der Waals surface area contributed by atoms with Crippen LogP contribution in [0.25, 0.3) is 0 Å². The monoisotopic (exact) mass is 290 g/mol. The van der Waals surface area contributed by atoms with Crippen molar-refractivity contribution >= 4 is 0 Å². The largest absolute Gasteiger partial charge is 0.490 e. The molecule has 2 atom stereocenters. The van der Waals surface area contributed by atoms with Crippen LogP contribution in [-0.2, 0) is 6.54 Å². The maximum absolute atomic E-state index is 6.34. The van der Waals surface area contributed by atoms with Gasteiger partial charge in [-0.05, 0) is 49.6 Å². The average molecular weight is 290 g/mol. The quantitative estimate of drug-likeness (QED) is 0.798. The molecule has 118 valence electrons. The van der Waals surface area contributed by atoms with Crippen molar-refractivity contribution in [2.24, 2.45) is 11.3 Å². The molecule has 1 aliphatic rings. The molecule has 21 heavy (non-hydrogen) atoms. The smallest absolute Gasteiger partial charge is 0.127 e. The van der Waals surface area contributed by atoms with Gasteiger partial charge >= 0.3 is 0 Å². The van der Waals surface area contributed by atoms with Gasteiger partial charge in [0.15, 0.2) is 0 Å². The minimum absolute atomic E-state index is 0.330. The lowest BCUT2D eigenvalue weighted by atomic mass is 9.71. The van der Waals surface area contributed by atoms with E-state index < -0.39 is 0 Å². The number of aromatic nitrogens is 1. The molecule has 3 nitrogen and oxygen atoms in total. The van der Waals surface area contributed by atoms with Crippen molar-refractivity contribution < 1.29 is 4.74 Å². The van der Waals surface area contributed by atoms with Crippen LogP contribution in [0.4, 0.5) is 0 Å². The van der Waals surface area contributed by atoms with Crippen molar-refractivity contribution in [1.29, 1.82) is 0 Å². The Morgan fingerprint density at radius 2 is 2.19 bits per heavy atom. The Balaban J connectivity index is 2.01. The average Bonchev–Trinajstić information content (AvgIpc) is 2.38. The number of pyridine rings is 1. The maximum atomic E-state index is 6.34. The number of ether oxygens (including phenoxy) is 1. The molecule has 0 radical (unpaired) electrons. The zero-order valence-corrected chi connectivity index (χ0v) is 14.0. The van der Waals surface area contributed by atoms with Crippen molar-refractivity contribution in [2.75, 3.05) is 6.54 Å². The van der Waals surface area contributed by atoms with Gasteiger partial charge in [0.2, 0.25) is 0 Å². The van der Waals surface area contributed by atoms with Crippen LogP contribution in [0.15, 0.2) is 18.5 Å². The predicted octanol–water partition coefficient (Wildman–Crippen LogP) is 4.17. The van der Waals surface area contributed by atoms with E-state index in [4.69, 9.17) is 4.74 Å². The van der Waals surface area contributed by atoms with Crippen molar-refractivity contribution in [3.63, 3.8) is 0 Å². The maximum Gasteiger partial charge on any atom is 0.127 e. The van der Waals surface area contributed by atoms with Crippen LogP contribution >= 0.6 is 0 Å². The number of nitrogens with one attached hydrogen (secondary N) is 1. The fraction of sp³-hybridized carbons (Fsp3) is 0.722. The second-order valence-corrected chi connectivity index (χ2v) is 7.31. The highest BCUT2D eigenvalue weighted by molar-refractivity contribution is 5.30. The molecule has 1 saturated carbocycles. The summed E-state index contributed by atoms with van der Waals surface area (Å²) in [5.41, 5.74) is 1.55. The molecule has 2 rings (SSSR count). The molecule has 0 saturated heterocycles. The fourth-order valence-corrected chi connectivity index (χ4v) is 3.59. The SMILES string of the molecule is CCCNCc1cnccc1OC1CC(C)CC(C)(C)C1. The summed E-state index contributed by atoms with van der Waals surface area (Å²) in [6, 6.07) is 2.01. The lowest BCUT2D eigenvalue weighted by Crippen LogP contribution is -2.34. The number of nitrogens with zero attached hydrogens (tertiary/aromatic N) is 1. The molecule has 0 aromatic carbocycles. The summed E-state index contributed by atoms with van der Waals surface area (Å²) in [6.45, 7) is 11.1. The molecule has 1 aromatic heterocycles. The van der Waals surface area contributed by atoms with Crippen molar-refractivity contribution in [1.82, 2.24) is 10.3 Å². The van der Waals surface area contributed by atoms with E-state index in [1.807, 2.05) is 18.5 Å². The molecule has 1 heterocycles. The van der Waals surface area contributed by atoms with Crippen LogP contribution < -0.4 is 10.1 Å². The van der Waals surface area contributed by atoms with Gasteiger partial charge < -0.3 is 10.1 Å². The number of hydrogen-bond donors (Lipinski definition) is 1. The second kappa shape index (κ2) is 7.26. The van der Waals surface area contributed by atoms with E-state index in [0.717, 1.165) is 44.0 Å².